The number of alkyl carbamates (subject to hydrolysis) is 1. The number of ether oxygens (including phenoxy) is 1. The summed E-state index contributed by atoms with van der Waals surface area (Å²) in [5.74, 6) is -0.262. The Balaban J connectivity index is 2.07. The molecule has 1 aliphatic rings. The van der Waals surface area contributed by atoms with Crippen molar-refractivity contribution in [3.05, 3.63) is 28.8 Å². The molecule has 0 aliphatic carbocycles. The van der Waals surface area contributed by atoms with Crippen LogP contribution in [0.3, 0.4) is 0 Å². The predicted molar refractivity (Wildman–Crippen MR) is 81.6 cm³/mol. The molecular formula is C15H19ClN2O3. The van der Waals surface area contributed by atoms with Gasteiger partial charge >= 0.3 is 6.09 Å². The van der Waals surface area contributed by atoms with E-state index in [4.69, 9.17) is 16.3 Å². The molecule has 1 atom stereocenters. The summed E-state index contributed by atoms with van der Waals surface area (Å²) < 4.78 is 5.17. The standard InChI is InChI=1S/C15H19ClN2O3/c1-15(2,3)21-14(20)18-12-8-7-9-10(16)5-4-6-11(9)17-13(12)19/h4-6,12H,7-8H2,1-3H3,(H,17,19)(H,18,20). The SMILES string of the molecule is CC(C)(C)OC(=O)NC1CCc2c(Cl)cccc2NC1=O. The number of rotatable bonds is 1. The molecule has 2 N–H and O–H groups in total. The number of carbonyl (C=O) groups excluding carboxylic acids is 2. The number of hydrogen-bond donors (Lipinski definition) is 2. The number of benzene rings is 1. The Morgan fingerprint density at radius 2 is 2.14 bits per heavy atom. The van der Waals surface area contributed by atoms with Gasteiger partial charge in [-0.3, -0.25) is 4.79 Å². The van der Waals surface area contributed by atoms with Crippen LogP contribution in [0.25, 0.3) is 0 Å². The predicted octanol–water partition coefficient (Wildman–Crippen LogP) is 3.12. The van der Waals surface area contributed by atoms with Crippen molar-refractivity contribution < 1.29 is 14.3 Å². The van der Waals surface area contributed by atoms with E-state index in [-0.39, 0.29) is 5.91 Å². The highest BCUT2D eigenvalue weighted by molar-refractivity contribution is 6.31. The van der Waals surface area contributed by atoms with Crippen LogP contribution in [-0.4, -0.2) is 23.6 Å². The zero-order valence-electron chi connectivity index (χ0n) is 12.3. The van der Waals surface area contributed by atoms with Crippen LogP contribution in [-0.2, 0) is 16.0 Å². The van der Waals surface area contributed by atoms with Gasteiger partial charge in [0, 0.05) is 10.7 Å². The summed E-state index contributed by atoms with van der Waals surface area (Å²) in [7, 11) is 0. The van der Waals surface area contributed by atoms with Crippen LogP contribution in [0.5, 0.6) is 0 Å². The minimum atomic E-state index is -0.636. The summed E-state index contributed by atoms with van der Waals surface area (Å²) in [5, 5.41) is 6.01. The van der Waals surface area contributed by atoms with E-state index < -0.39 is 17.7 Å². The first-order valence-electron chi connectivity index (χ1n) is 6.84. The molecule has 21 heavy (non-hydrogen) atoms. The second-order valence-electron chi connectivity index (χ2n) is 5.99. The maximum absolute atomic E-state index is 12.2. The Kier molecular flexibility index (Phi) is 4.42. The van der Waals surface area contributed by atoms with Crippen molar-refractivity contribution in [2.75, 3.05) is 5.32 Å². The molecule has 0 spiro atoms. The van der Waals surface area contributed by atoms with Crippen molar-refractivity contribution in [1.29, 1.82) is 0 Å². The average molecular weight is 311 g/mol. The molecule has 114 valence electrons. The molecular weight excluding hydrogens is 292 g/mol. The number of anilines is 1. The number of halogens is 1. The van der Waals surface area contributed by atoms with E-state index in [1.807, 2.05) is 0 Å². The lowest BCUT2D eigenvalue weighted by Crippen LogP contribution is -2.45. The molecule has 1 aromatic rings. The van der Waals surface area contributed by atoms with Gasteiger partial charge in [0.1, 0.15) is 11.6 Å². The fraction of sp³-hybridized carbons (Fsp3) is 0.467. The van der Waals surface area contributed by atoms with Gasteiger partial charge in [-0.05, 0) is 51.3 Å². The van der Waals surface area contributed by atoms with Gasteiger partial charge < -0.3 is 15.4 Å². The van der Waals surface area contributed by atoms with E-state index in [1.165, 1.54) is 0 Å². The minimum absolute atomic E-state index is 0.262. The quantitative estimate of drug-likeness (QED) is 0.837. The highest BCUT2D eigenvalue weighted by atomic mass is 35.5. The number of fused-ring (bicyclic) bond motifs is 1. The molecule has 0 bridgehead atoms. The topological polar surface area (TPSA) is 67.4 Å². The Bertz CT molecular complexity index is 567. The van der Waals surface area contributed by atoms with Crippen molar-refractivity contribution in [2.24, 2.45) is 0 Å². The van der Waals surface area contributed by atoms with Crippen molar-refractivity contribution >= 4 is 29.3 Å². The van der Waals surface area contributed by atoms with Gasteiger partial charge in [0.05, 0.1) is 0 Å². The lowest BCUT2D eigenvalue weighted by molar-refractivity contribution is -0.118. The van der Waals surface area contributed by atoms with Crippen molar-refractivity contribution in [3.8, 4) is 0 Å². The maximum Gasteiger partial charge on any atom is 0.408 e. The Morgan fingerprint density at radius 3 is 2.81 bits per heavy atom. The monoisotopic (exact) mass is 310 g/mol. The first-order chi connectivity index (χ1) is 9.76. The van der Waals surface area contributed by atoms with E-state index in [0.29, 0.717) is 23.6 Å². The summed E-state index contributed by atoms with van der Waals surface area (Å²) in [6, 6.07) is 4.73. The zero-order chi connectivity index (χ0) is 15.6. The number of amides is 2. The van der Waals surface area contributed by atoms with Gasteiger partial charge in [-0.1, -0.05) is 17.7 Å². The van der Waals surface area contributed by atoms with E-state index >= 15 is 0 Å². The van der Waals surface area contributed by atoms with Crippen molar-refractivity contribution in [1.82, 2.24) is 5.32 Å². The van der Waals surface area contributed by atoms with Crippen molar-refractivity contribution in [2.45, 2.75) is 45.3 Å². The molecule has 0 radical (unpaired) electrons. The number of hydrogen-bond acceptors (Lipinski definition) is 3. The van der Waals surface area contributed by atoms with E-state index in [2.05, 4.69) is 10.6 Å². The Morgan fingerprint density at radius 1 is 1.43 bits per heavy atom. The first-order valence-corrected chi connectivity index (χ1v) is 7.22. The molecule has 5 nitrogen and oxygen atoms in total. The maximum atomic E-state index is 12.2. The van der Waals surface area contributed by atoms with Gasteiger partial charge in [0.2, 0.25) is 5.91 Å². The van der Waals surface area contributed by atoms with Crippen LogP contribution >= 0.6 is 11.6 Å². The molecule has 0 aromatic heterocycles. The minimum Gasteiger partial charge on any atom is -0.444 e. The van der Waals surface area contributed by atoms with Gasteiger partial charge in [0.15, 0.2) is 0 Å². The highest BCUT2D eigenvalue weighted by Gasteiger charge is 2.27. The van der Waals surface area contributed by atoms with Gasteiger partial charge in [-0.25, -0.2) is 4.79 Å². The molecule has 0 saturated carbocycles. The highest BCUT2D eigenvalue weighted by Crippen LogP contribution is 2.28. The molecule has 1 aliphatic heterocycles. The fourth-order valence-corrected chi connectivity index (χ4v) is 2.43. The van der Waals surface area contributed by atoms with E-state index in [0.717, 1.165) is 5.56 Å². The summed E-state index contributed by atoms with van der Waals surface area (Å²) >= 11 is 6.14. The molecule has 2 rings (SSSR count). The molecule has 0 fully saturated rings. The zero-order valence-corrected chi connectivity index (χ0v) is 13.1. The van der Waals surface area contributed by atoms with E-state index in [9.17, 15) is 9.59 Å². The van der Waals surface area contributed by atoms with Crippen LogP contribution in [0, 0.1) is 0 Å². The van der Waals surface area contributed by atoms with Crippen LogP contribution in [0.4, 0.5) is 10.5 Å². The molecule has 0 saturated heterocycles. The Hall–Kier alpha value is -1.75. The number of nitrogens with one attached hydrogen (secondary N) is 2. The summed E-state index contributed by atoms with van der Waals surface area (Å²) in [5.41, 5.74) is 0.986. The average Bonchev–Trinajstić information content (AvgIpc) is 2.48. The molecule has 2 amide bonds. The van der Waals surface area contributed by atoms with Crippen LogP contribution in [0.2, 0.25) is 5.02 Å². The largest absolute Gasteiger partial charge is 0.444 e. The third-order valence-electron chi connectivity index (χ3n) is 3.07. The fourth-order valence-electron chi connectivity index (χ4n) is 2.16. The molecule has 1 heterocycles. The Labute approximate surface area is 129 Å². The second kappa shape index (κ2) is 5.93. The molecule has 1 unspecified atom stereocenters. The van der Waals surface area contributed by atoms with Crippen molar-refractivity contribution in [3.63, 3.8) is 0 Å². The third kappa shape index (κ3) is 4.11. The lowest BCUT2D eigenvalue weighted by Gasteiger charge is -2.22. The van der Waals surface area contributed by atoms with Crippen LogP contribution < -0.4 is 10.6 Å². The van der Waals surface area contributed by atoms with Gasteiger partial charge in [-0.2, -0.15) is 0 Å². The van der Waals surface area contributed by atoms with E-state index in [1.54, 1.807) is 39.0 Å². The third-order valence-corrected chi connectivity index (χ3v) is 3.42. The van der Waals surface area contributed by atoms with Gasteiger partial charge in [0.25, 0.3) is 0 Å². The number of carbonyl (C=O) groups is 2. The van der Waals surface area contributed by atoms with Crippen LogP contribution in [0.15, 0.2) is 18.2 Å². The molecule has 6 heteroatoms. The normalized spacial score (nSPS) is 18.3. The van der Waals surface area contributed by atoms with Crippen LogP contribution in [0.1, 0.15) is 32.8 Å². The summed E-state index contributed by atoms with van der Waals surface area (Å²) in [6.45, 7) is 5.32. The first kappa shape index (κ1) is 15.6. The van der Waals surface area contributed by atoms with Gasteiger partial charge in [-0.15, -0.1) is 0 Å². The smallest absolute Gasteiger partial charge is 0.408 e. The summed E-state index contributed by atoms with van der Waals surface area (Å²) in [4.78, 5) is 24.0. The molecule has 1 aromatic carbocycles. The summed E-state index contributed by atoms with van der Waals surface area (Å²) in [6.07, 6.45) is 0.482. The second-order valence-corrected chi connectivity index (χ2v) is 6.40. The lowest BCUT2D eigenvalue weighted by atomic mass is 10.1.